The molecule has 2 nitrogen and oxygen atoms in total. The number of hydroxylamine groups is 1. The third kappa shape index (κ3) is 4.95. The summed E-state index contributed by atoms with van der Waals surface area (Å²) in [7, 11) is 0. The molecule has 0 aromatic heterocycles. The predicted molar refractivity (Wildman–Crippen MR) is 67.5 cm³/mol. The molecule has 0 aliphatic heterocycles. The third-order valence-electron chi connectivity index (χ3n) is 4.55. The van der Waals surface area contributed by atoms with Crippen molar-refractivity contribution < 1.29 is 18.0 Å². The molecule has 0 spiro atoms. The molecule has 0 radical (unpaired) electrons. The van der Waals surface area contributed by atoms with E-state index in [1.54, 1.807) is 0 Å². The maximum atomic E-state index is 12.1. The molecule has 1 N–H and O–H groups in total. The lowest BCUT2D eigenvalue weighted by Crippen LogP contribution is -2.43. The lowest BCUT2D eigenvalue weighted by molar-refractivity contribution is -0.196. The van der Waals surface area contributed by atoms with E-state index < -0.39 is 12.8 Å². The normalized spacial score (nSPS) is 30.5. The van der Waals surface area contributed by atoms with Gasteiger partial charge in [0.15, 0.2) is 6.61 Å². The van der Waals surface area contributed by atoms with Crippen LogP contribution in [0.3, 0.4) is 0 Å². The van der Waals surface area contributed by atoms with Gasteiger partial charge >= 0.3 is 6.18 Å². The highest BCUT2D eigenvalue weighted by molar-refractivity contribution is 4.85. The van der Waals surface area contributed by atoms with Crippen molar-refractivity contribution >= 4 is 0 Å². The molecule has 19 heavy (non-hydrogen) atoms. The Labute approximate surface area is 113 Å². The number of halogens is 3. The van der Waals surface area contributed by atoms with E-state index >= 15 is 0 Å². The van der Waals surface area contributed by atoms with Crippen molar-refractivity contribution in [2.45, 2.75) is 70.0 Å². The number of hydrogen-bond acceptors (Lipinski definition) is 2. The molecule has 0 saturated heterocycles. The molecular formula is C14H24F3NO. The SMILES string of the molecule is FC(F)(F)CONC1CCCCC1C1CCCCC1. The molecule has 0 aromatic carbocycles. The fourth-order valence-electron chi connectivity index (χ4n) is 3.66. The minimum absolute atomic E-state index is 0.110. The fourth-order valence-corrected chi connectivity index (χ4v) is 3.66. The maximum absolute atomic E-state index is 12.1. The van der Waals surface area contributed by atoms with Gasteiger partial charge < -0.3 is 0 Å². The van der Waals surface area contributed by atoms with Crippen LogP contribution in [0.1, 0.15) is 57.8 Å². The molecule has 2 fully saturated rings. The van der Waals surface area contributed by atoms with Crippen LogP contribution in [0.25, 0.3) is 0 Å². The van der Waals surface area contributed by atoms with E-state index in [2.05, 4.69) is 10.3 Å². The lowest BCUT2D eigenvalue weighted by atomic mass is 9.71. The van der Waals surface area contributed by atoms with Crippen molar-refractivity contribution in [2.75, 3.05) is 6.61 Å². The van der Waals surface area contributed by atoms with Gasteiger partial charge in [0, 0.05) is 6.04 Å². The topological polar surface area (TPSA) is 21.3 Å². The summed E-state index contributed by atoms with van der Waals surface area (Å²) in [4.78, 5) is 4.68. The van der Waals surface area contributed by atoms with Gasteiger partial charge in [-0.15, -0.1) is 0 Å². The number of alkyl halides is 3. The second-order valence-corrected chi connectivity index (χ2v) is 5.97. The highest BCUT2D eigenvalue weighted by Gasteiger charge is 2.34. The summed E-state index contributed by atoms with van der Waals surface area (Å²) in [5, 5.41) is 0. The van der Waals surface area contributed by atoms with Crippen LogP contribution in [0.4, 0.5) is 13.2 Å². The Bertz CT molecular complexity index is 264. The average Bonchev–Trinajstić information content (AvgIpc) is 2.39. The third-order valence-corrected chi connectivity index (χ3v) is 4.55. The Kier molecular flexibility index (Phi) is 5.51. The fraction of sp³-hybridized carbons (Fsp3) is 1.00. The van der Waals surface area contributed by atoms with Gasteiger partial charge in [0.2, 0.25) is 0 Å². The van der Waals surface area contributed by atoms with Crippen LogP contribution in [0.5, 0.6) is 0 Å². The van der Waals surface area contributed by atoms with E-state index in [9.17, 15) is 13.2 Å². The number of hydrogen-bond donors (Lipinski definition) is 1. The molecule has 0 amide bonds. The van der Waals surface area contributed by atoms with Gasteiger partial charge in [-0.1, -0.05) is 44.9 Å². The van der Waals surface area contributed by atoms with E-state index in [4.69, 9.17) is 0 Å². The molecular weight excluding hydrogens is 255 g/mol. The van der Waals surface area contributed by atoms with Gasteiger partial charge in [0.25, 0.3) is 0 Å². The van der Waals surface area contributed by atoms with Crippen molar-refractivity contribution in [3.63, 3.8) is 0 Å². The Morgan fingerprint density at radius 2 is 1.53 bits per heavy atom. The Morgan fingerprint density at radius 3 is 2.21 bits per heavy atom. The average molecular weight is 279 g/mol. The van der Waals surface area contributed by atoms with Crippen molar-refractivity contribution in [2.24, 2.45) is 11.8 Å². The zero-order valence-corrected chi connectivity index (χ0v) is 11.3. The van der Waals surface area contributed by atoms with Crippen molar-refractivity contribution in [3.05, 3.63) is 0 Å². The molecule has 5 heteroatoms. The summed E-state index contributed by atoms with van der Waals surface area (Å²) < 4.78 is 36.3. The van der Waals surface area contributed by atoms with Crippen molar-refractivity contribution in [3.8, 4) is 0 Å². The van der Waals surface area contributed by atoms with Crippen LogP contribution in [-0.2, 0) is 4.84 Å². The van der Waals surface area contributed by atoms with Gasteiger partial charge in [-0.25, -0.2) is 0 Å². The van der Waals surface area contributed by atoms with Gasteiger partial charge in [-0.3, -0.25) is 4.84 Å². The van der Waals surface area contributed by atoms with Gasteiger partial charge in [0.05, 0.1) is 0 Å². The van der Waals surface area contributed by atoms with E-state index in [1.807, 2.05) is 0 Å². The number of rotatable bonds is 4. The minimum atomic E-state index is -4.25. The lowest BCUT2D eigenvalue weighted by Gasteiger charge is -2.39. The van der Waals surface area contributed by atoms with E-state index in [-0.39, 0.29) is 6.04 Å². The van der Waals surface area contributed by atoms with E-state index in [1.165, 1.54) is 38.5 Å². The first-order chi connectivity index (χ1) is 9.06. The van der Waals surface area contributed by atoms with Crippen LogP contribution in [0.15, 0.2) is 0 Å². The van der Waals surface area contributed by atoms with E-state index in [0.29, 0.717) is 11.8 Å². The number of nitrogens with one attached hydrogen (secondary N) is 1. The molecule has 0 bridgehead atoms. The van der Waals surface area contributed by atoms with Crippen LogP contribution in [-0.4, -0.2) is 18.8 Å². The van der Waals surface area contributed by atoms with Crippen LogP contribution >= 0.6 is 0 Å². The molecule has 2 aliphatic rings. The molecule has 2 rings (SSSR count). The zero-order chi connectivity index (χ0) is 13.7. The van der Waals surface area contributed by atoms with Crippen LogP contribution < -0.4 is 5.48 Å². The van der Waals surface area contributed by atoms with Crippen molar-refractivity contribution in [1.82, 2.24) is 5.48 Å². The van der Waals surface area contributed by atoms with Crippen LogP contribution in [0.2, 0.25) is 0 Å². The molecule has 2 aliphatic carbocycles. The molecule has 112 valence electrons. The summed E-state index contributed by atoms with van der Waals surface area (Å²) >= 11 is 0. The second kappa shape index (κ2) is 6.93. The predicted octanol–water partition coefficient (Wildman–Crippen LogP) is 4.21. The highest BCUT2D eigenvalue weighted by Crippen LogP contribution is 2.38. The Hall–Kier alpha value is -0.290. The standard InChI is InChI=1S/C14H24F3NO/c15-14(16,17)10-19-18-13-9-5-4-8-12(13)11-6-2-1-3-7-11/h11-13,18H,1-10H2. The monoisotopic (exact) mass is 279 g/mol. The Morgan fingerprint density at radius 1 is 0.895 bits per heavy atom. The largest absolute Gasteiger partial charge is 0.413 e. The summed E-state index contributed by atoms with van der Waals surface area (Å²) in [6, 6.07) is 0.110. The van der Waals surface area contributed by atoms with Crippen LogP contribution in [0, 0.1) is 11.8 Å². The summed E-state index contributed by atoms with van der Waals surface area (Å²) in [5.41, 5.74) is 2.71. The second-order valence-electron chi connectivity index (χ2n) is 5.97. The summed E-state index contributed by atoms with van der Waals surface area (Å²) in [6.07, 6.45) is 6.47. The van der Waals surface area contributed by atoms with Gasteiger partial charge in [-0.2, -0.15) is 18.7 Å². The highest BCUT2D eigenvalue weighted by atomic mass is 19.4. The smallest absolute Gasteiger partial charge is 0.292 e. The van der Waals surface area contributed by atoms with Gasteiger partial charge in [0.1, 0.15) is 0 Å². The first-order valence-electron chi connectivity index (χ1n) is 7.50. The molecule has 0 heterocycles. The Balaban J connectivity index is 1.81. The molecule has 2 atom stereocenters. The van der Waals surface area contributed by atoms with Crippen molar-refractivity contribution in [1.29, 1.82) is 0 Å². The zero-order valence-electron chi connectivity index (χ0n) is 11.3. The first-order valence-corrected chi connectivity index (χ1v) is 7.50. The quantitative estimate of drug-likeness (QED) is 0.778. The molecule has 2 saturated carbocycles. The summed E-state index contributed by atoms with van der Waals surface area (Å²) in [6.45, 7) is -1.19. The molecule has 0 aromatic rings. The van der Waals surface area contributed by atoms with E-state index in [0.717, 1.165) is 19.3 Å². The minimum Gasteiger partial charge on any atom is -0.292 e. The maximum Gasteiger partial charge on any atom is 0.413 e. The summed E-state index contributed by atoms with van der Waals surface area (Å²) in [5.74, 6) is 1.18. The molecule has 2 unspecified atom stereocenters. The first kappa shape index (κ1) is 15.1. The van der Waals surface area contributed by atoms with Gasteiger partial charge in [-0.05, 0) is 24.7 Å².